The second-order valence-corrected chi connectivity index (χ2v) is 5.31. The molecule has 0 atom stereocenters. The van der Waals surface area contributed by atoms with Crippen LogP contribution in [0.2, 0.25) is 0 Å². The van der Waals surface area contributed by atoms with Gasteiger partial charge < -0.3 is 5.32 Å². The van der Waals surface area contributed by atoms with Gasteiger partial charge in [0.2, 0.25) is 0 Å². The molecule has 0 aliphatic carbocycles. The van der Waals surface area contributed by atoms with E-state index < -0.39 is 0 Å². The summed E-state index contributed by atoms with van der Waals surface area (Å²) >= 11 is 3.38. The zero-order valence-electron chi connectivity index (χ0n) is 11.3. The zero-order valence-corrected chi connectivity index (χ0v) is 12.9. The molecule has 2 aromatic carbocycles. The molecule has 3 heteroatoms. The average molecular weight is 330 g/mol. The Bertz CT molecular complexity index is 600. The van der Waals surface area contributed by atoms with E-state index in [-0.39, 0.29) is 5.78 Å². The maximum Gasteiger partial charge on any atom is 0.187 e. The van der Waals surface area contributed by atoms with Gasteiger partial charge in [-0.2, -0.15) is 0 Å². The molecule has 0 aliphatic rings. The Kier molecular flexibility index (Phi) is 5.13. The fourth-order valence-corrected chi connectivity index (χ4v) is 2.02. The number of carbonyl (C=O) groups is 1. The Morgan fingerprint density at radius 2 is 1.75 bits per heavy atom. The van der Waals surface area contributed by atoms with Gasteiger partial charge in [-0.25, -0.2) is 0 Å². The molecule has 0 aromatic heterocycles. The molecule has 0 aliphatic heterocycles. The van der Waals surface area contributed by atoms with Crippen molar-refractivity contribution in [2.45, 2.75) is 13.3 Å². The molecule has 2 aromatic rings. The van der Waals surface area contributed by atoms with Gasteiger partial charge in [0.25, 0.3) is 0 Å². The van der Waals surface area contributed by atoms with Crippen LogP contribution in [0, 0.1) is 0 Å². The van der Waals surface area contributed by atoms with Crippen LogP contribution in [0.15, 0.2) is 65.3 Å². The predicted octanol–water partition coefficient (Wildman–Crippen LogP) is 4.82. The van der Waals surface area contributed by atoms with Gasteiger partial charge in [-0.15, -0.1) is 0 Å². The highest BCUT2D eigenvalue weighted by molar-refractivity contribution is 9.10. The quantitative estimate of drug-likeness (QED) is 0.629. The highest BCUT2D eigenvalue weighted by Gasteiger charge is 2.00. The third-order valence-electron chi connectivity index (χ3n) is 2.98. The number of nitrogens with one attached hydrogen (secondary N) is 1. The molecule has 0 spiro atoms. The largest absolute Gasteiger partial charge is 0.362 e. The fraction of sp³-hybridized carbons (Fsp3) is 0.118. The summed E-state index contributed by atoms with van der Waals surface area (Å²) in [4.78, 5) is 12.0. The summed E-state index contributed by atoms with van der Waals surface area (Å²) in [5, 5.41) is 3.07. The molecule has 0 saturated heterocycles. The number of allylic oxidation sites excluding steroid dienone is 1. The molecule has 2 nitrogen and oxygen atoms in total. The van der Waals surface area contributed by atoms with Crippen LogP contribution in [0.3, 0.4) is 0 Å². The lowest BCUT2D eigenvalue weighted by Crippen LogP contribution is -1.96. The van der Waals surface area contributed by atoms with Gasteiger partial charge in [0.15, 0.2) is 5.78 Å². The van der Waals surface area contributed by atoms with Crippen LogP contribution in [-0.2, 0) is 6.42 Å². The van der Waals surface area contributed by atoms with E-state index in [9.17, 15) is 4.79 Å². The van der Waals surface area contributed by atoms with Gasteiger partial charge in [-0.05, 0) is 36.2 Å². The molecule has 0 amide bonds. The van der Waals surface area contributed by atoms with E-state index in [2.05, 4.69) is 28.2 Å². The van der Waals surface area contributed by atoms with E-state index in [0.717, 1.165) is 16.6 Å². The van der Waals surface area contributed by atoms with Crippen molar-refractivity contribution in [3.05, 3.63) is 76.4 Å². The lowest BCUT2D eigenvalue weighted by Gasteiger charge is -2.01. The van der Waals surface area contributed by atoms with Crippen molar-refractivity contribution in [2.75, 3.05) is 5.32 Å². The molecule has 0 fully saturated rings. The normalized spacial score (nSPS) is 10.7. The van der Waals surface area contributed by atoms with E-state index in [1.165, 1.54) is 5.56 Å². The minimum absolute atomic E-state index is 0.00253. The van der Waals surface area contributed by atoms with Crippen LogP contribution in [-0.4, -0.2) is 5.78 Å². The first-order valence-electron chi connectivity index (χ1n) is 6.51. The van der Waals surface area contributed by atoms with Crippen molar-refractivity contribution in [1.82, 2.24) is 0 Å². The minimum Gasteiger partial charge on any atom is -0.362 e. The third kappa shape index (κ3) is 4.07. The molecule has 0 heterocycles. The van der Waals surface area contributed by atoms with E-state index in [0.29, 0.717) is 5.56 Å². The van der Waals surface area contributed by atoms with Gasteiger partial charge in [-0.1, -0.05) is 47.1 Å². The Balaban J connectivity index is 1.96. The number of anilines is 1. The molecular weight excluding hydrogens is 314 g/mol. The third-order valence-corrected chi connectivity index (χ3v) is 3.50. The number of benzene rings is 2. The number of rotatable bonds is 5. The highest BCUT2D eigenvalue weighted by atomic mass is 79.9. The molecule has 0 saturated carbocycles. The fourth-order valence-electron chi connectivity index (χ4n) is 1.76. The topological polar surface area (TPSA) is 29.1 Å². The SMILES string of the molecule is CCc1ccc(C(=O)/C=C/Nc2ccc(Br)cc2)cc1. The number of aryl methyl sites for hydroxylation is 1. The van der Waals surface area contributed by atoms with Gasteiger partial charge in [0.1, 0.15) is 0 Å². The number of hydrogen-bond donors (Lipinski definition) is 1. The molecule has 102 valence electrons. The Labute approximate surface area is 127 Å². The number of halogens is 1. The first kappa shape index (κ1) is 14.5. The maximum absolute atomic E-state index is 12.0. The predicted molar refractivity (Wildman–Crippen MR) is 87.1 cm³/mol. The molecule has 0 bridgehead atoms. The van der Waals surface area contributed by atoms with Gasteiger partial charge in [-0.3, -0.25) is 4.79 Å². The number of carbonyl (C=O) groups excluding carboxylic acids is 1. The molecule has 1 N–H and O–H groups in total. The van der Waals surface area contributed by atoms with Crippen molar-refractivity contribution in [2.24, 2.45) is 0 Å². The lowest BCUT2D eigenvalue weighted by molar-refractivity contribution is 0.104. The maximum atomic E-state index is 12.0. The van der Waals surface area contributed by atoms with Crippen molar-refractivity contribution in [3.63, 3.8) is 0 Å². The minimum atomic E-state index is -0.00253. The van der Waals surface area contributed by atoms with Crippen LogP contribution >= 0.6 is 15.9 Å². The van der Waals surface area contributed by atoms with Gasteiger partial charge >= 0.3 is 0 Å². The zero-order chi connectivity index (χ0) is 14.4. The summed E-state index contributed by atoms with van der Waals surface area (Å²) in [6.07, 6.45) is 4.19. The second-order valence-electron chi connectivity index (χ2n) is 4.40. The van der Waals surface area contributed by atoms with Crippen LogP contribution in [0.5, 0.6) is 0 Å². The Morgan fingerprint density at radius 1 is 1.10 bits per heavy atom. The second kappa shape index (κ2) is 7.06. The van der Waals surface area contributed by atoms with Crippen LogP contribution in [0.25, 0.3) is 0 Å². The first-order chi connectivity index (χ1) is 9.69. The molecular formula is C17H16BrNO. The van der Waals surface area contributed by atoms with E-state index in [4.69, 9.17) is 0 Å². The monoisotopic (exact) mass is 329 g/mol. The van der Waals surface area contributed by atoms with Crippen molar-refractivity contribution in [1.29, 1.82) is 0 Å². The number of ketones is 1. The van der Waals surface area contributed by atoms with Crippen LogP contribution in [0.1, 0.15) is 22.8 Å². The molecule has 20 heavy (non-hydrogen) atoms. The molecule has 0 radical (unpaired) electrons. The summed E-state index contributed by atoms with van der Waals surface area (Å²) in [5.41, 5.74) is 2.88. The van der Waals surface area contributed by atoms with Crippen LogP contribution < -0.4 is 5.32 Å². The van der Waals surface area contributed by atoms with Gasteiger partial charge in [0, 0.05) is 28.0 Å². The highest BCUT2D eigenvalue weighted by Crippen LogP contribution is 2.14. The van der Waals surface area contributed by atoms with Crippen molar-refractivity contribution < 1.29 is 4.79 Å². The van der Waals surface area contributed by atoms with Crippen molar-refractivity contribution >= 4 is 27.4 Å². The molecule has 0 unspecified atom stereocenters. The Morgan fingerprint density at radius 3 is 2.35 bits per heavy atom. The Hall–Kier alpha value is -1.87. The summed E-state index contributed by atoms with van der Waals surface area (Å²) < 4.78 is 1.03. The van der Waals surface area contributed by atoms with Crippen molar-refractivity contribution in [3.8, 4) is 0 Å². The van der Waals surface area contributed by atoms with E-state index in [1.807, 2.05) is 48.5 Å². The van der Waals surface area contributed by atoms with E-state index in [1.54, 1.807) is 12.3 Å². The lowest BCUT2D eigenvalue weighted by atomic mass is 10.1. The summed E-state index contributed by atoms with van der Waals surface area (Å²) in [7, 11) is 0. The average Bonchev–Trinajstić information content (AvgIpc) is 2.49. The summed E-state index contributed by atoms with van der Waals surface area (Å²) in [6, 6.07) is 15.5. The smallest absolute Gasteiger partial charge is 0.187 e. The molecule has 2 rings (SSSR count). The van der Waals surface area contributed by atoms with Gasteiger partial charge in [0.05, 0.1) is 0 Å². The standard InChI is InChI=1S/C17H16BrNO/c1-2-13-3-5-14(6-4-13)17(20)11-12-19-16-9-7-15(18)8-10-16/h3-12,19H,2H2,1H3/b12-11+. The van der Waals surface area contributed by atoms with Crippen LogP contribution in [0.4, 0.5) is 5.69 Å². The summed E-state index contributed by atoms with van der Waals surface area (Å²) in [5.74, 6) is -0.00253. The number of hydrogen-bond acceptors (Lipinski definition) is 2. The van der Waals surface area contributed by atoms with E-state index >= 15 is 0 Å². The first-order valence-corrected chi connectivity index (χ1v) is 7.30. The summed E-state index contributed by atoms with van der Waals surface area (Å²) in [6.45, 7) is 2.10.